The lowest BCUT2D eigenvalue weighted by atomic mass is 9.98. The number of hydrogen-bond donors (Lipinski definition) is 1. The Kier molecular flexibility index (Phi) is 8.98. The van der Waals surface area contributed by atoms with E-state index < -0.39 is 16.1 Å². The first kappa shape index (κ1) is 28.5. The molecular weight excluding hydrogens is 559 g/mol. The molecule has 1 atom stereocenters. The molecule has 8 nitrogen and oxygen atoms in total. The number of ether oxygens (including phenoxy) is 1. The molecule has 2 aliphatic heterocycles. The number of rotatable bonds is 9. The summed E-state index contributed by atoms with van der Waals surface area (Å²) in [4.78, 5) is 2.20. The van der Waals surface area contributed by atoms with Crippen molar-refractivity contribution >= 4 is 33.2 Å². The lowest BCUT2D eigenvalue weighted by molar-refractivity contribution is 0.0106. The molecule has 1 fully saturated rings. The molecule has 1 saturated heterocycles. The minimum absolute atomic E-state index is 0.256. The molecule has 0 saturated carbocycles. The molecule has 0 bridgehead atoms. The van der Waals surface area contributed by atoms with Gasteiger partial charge < -0.3 is 9.84 Å². The number of aliphatic hydroxyl groups is 1. The van der Waals surface area contributed by atoms with Gasteiger partial charge in [0.1, 0.15) is 0 Å². The van der Waals surface area contributed by atoms with Crippen LogP contribution in [0.15, 0.2) is 42.5 Å². The zero-order valence-electron chi connectivity index (χ0n) is 22.0. The first-order chi connectivity index (χ1) is 18.7. The number of halogens is 2. The van der Waals surface area contributed by atoms with Gasteiger partial charge in [-0.3, -0.25) is 9.58 Å². The summed E-state index contributed by atoms with van der Waals surface area (Å²) in [7, 11) is -3.36. The van der Waals surface area contributed by atoms with Crippen LogP contribution < -0.4 is 0 Å². The molecule has 0 aliphatic carbocycles. The van der Waals surface area contributed by atoms with Crippen LogP contribution in [0.4, 0.5) is 0 Å². The van der Waals surface area contributed by atoms with Gasteiger partial charge in [0.15, 0.2) is 0 Å². The third kappa shape index (κ3) is 7.03. The largest absolute Gasteiger partial charge is 0.390 e. The van der Waals surface area contributed by atoms with Gasteiger partial charge in [0, 0.05) is 66.0 Å². The third-order valence-corrected chi connectivity index (χ3v) is 9.31. The van der Waals surface area contributed by atoms with Gasteiger partial charge >= 0.3 is 0 Å². The van der Waals surface area contributed by atoms with Gasteiger partial charge in [-0.15, -0.1) is 0 Å². The number of hydrogen-bond acceptors (Lipinski definition) is 6. The van der Waals surface area contributed by atoms with Crippen molar-refractivity contribution in [2.45, 2.75) is 38.5 Å². The second-order valence-corrected chi connectivity index (χ2v) is 13.1. The highest BCUT2D eigenvalue weighted by molar-refractivity contribution is 7.88. The molecule has 2 aliphatic rings. The standard InChI is InChI=1S/C28H34Cl2N4O4S/c1-39(36,37)33-11-10-27-25(19-33)28(31-34(27)18-24(35)17-32-12-14-38-15-13-32)22-6-9-26(30)21(16-22)5-2-20-3-7-23(29)8-4-20/h3-4,6-9,16,24,35H,2,5,10-15,17-19H2,1H3. The molecule has 5 rings (SSSR count). The fourth-order valence-electron chi connectivity index (χ4n) is 5.31. The van der Waals surface area contributed by atoms with E-state index in [0.29, 0.717) is 49.3 Å². The number of benzene rings is 2. The van der Waals surface area contributed by atoms with Crippen LogP contribution in [0.25, 0.3) is 11.3 Å². The minimum atomic E-state index is -3.36. The van der Waals surface area contributed by atoms with Crippen molar-refractivity contribution in [3.8, 4) is 11.3 Å². The molecular formula is C28H34Cl2N4O4S. The molecule has 11 heteroatoms. The highest BCUT2D eigenvalue weighted by Gasteiger charge is 2.30. The smallest absolute Gasteiger partial charge is 0.211 e. The van der Waals surface area contributed by atoms with Crippen molar-refractivity contribution in [2.24, 2.45) is 0 Å². The number of fused-ring (bicyclic) bond motifs is 1. The summed E-state index contributed by atoms with van der Waals surface area (Å²) in [6.45, 7) is 4.47. The molecule has 0 amide bonds. The number of β-amino-alcohol motifs (C(OH)–C–C–N with tert-alkyl or cyclic N) is 1. The van der Waals surface area contributed by atoms with E-state index in [1.165, 1.54) is 16.1 Å². The van der Waals surface area contributed by atoms with Crippen molar-refractivity contribution < 1.29 is 18.3 Å². The van der Waals surface area contributed by atoms with Crippen molar-refractivity contribution in [1.82, 2.24) is 19.0 Å². The number of morpholine rings is 1. The van der Waals surface area contributed by atoms with Crippen LogP contribution >= 0.6 is 23.2 Å². The molecule has 210 valence electrons. The quantitative estimate of drug-likeness (QED) is 0.408. The second kappa shape index (κ2) is 12.3. The summed E-state index contributed by atoms with van der Waals surface area (Å²) in [5, 5.41) is 17.2. The maximum absolute atomic E-state index is 12.4. The van der Waals surface area contributed by atoms with Crippen molar-refractivity contribution in [3.63, 3.8) is 0 Å². The maximum Gasteiger partial charge on any atom is 0.211 e. The molecule has 3 aromatic rings. The fourth-order valence-corrected chi connectivity index (χ4v) is 6.44. The van der Waals surface area contributed by atoms with Crippen LogP contribution in [0.5, 0.6) is 0 Å². The van der Waals surface area contributed by atoms with Crippen LogP contribution in [0.1, 0.15) is 22.4 Å². The Bertz CT molecular complexity index is 1410. The van der Waals surface area contributed by atoms with Gasteiger partial charge in [-0.1, -0.05) is 41.4 Å². The Morgan fingerprint density at radius 2 is 1.77 bits per heavy atom. The van der Waals surface area contributed by atoms with Gasteiger partial charge in [0.25, 0.3) is 0 Å². The molecule has 1 unspecified atom stereocenters. The van der Waals surface area contributed by atoms with E-state index in [4.69, 9.17) is 33.0 Å². The van der Waals surface area contributed by atoms with Crippen molar-refractivity contribution in [3.05, 3.63) is 74.9 Å². The van der Waals surface area contributed by atoms with E-state index in [1.807, 2.05) is 41.1 Å². The Balaban J connectivity index is 1.42. The van der Waals surface area contributed by atoms with E-state index in [1.54, 1.807) is 0 Å². The topological polar surface area (TPSA) is 87.9 Å². The summed E-state index contributed by atoms with van der Waals surface area (Å²) in [6, 6.07) is 13.7. The van der Waals surface area contributed by atoms with Gasteiger partial charge in [-0.25, -0.2) is 8.42 Å². The van der Waals surface area contributed by atoms with Gasteiger partial charge in [-0.05, 0) is 48.2 Å². The average Bonchev–Trinajstić information content (AvgIpc) is 3.26. The van der Waals surface area contributed by atoms with Crippen LogP contribution in [0.3, 0.4) is 0 Å². The van der Waals surface area contributed by atoms with E-state index in [2.05, 4.69) is 11.0 Å². The minimum Gasteiger partial charge on any atom is -0.390 e. The number of aliphatic hydroxyl groups excluding tert-OH is 1. The highest BCUT2D eigenvalue weighted by Crippen LogP contribution is 2.33. The zero-order valence-corrected chi connectivity index (χ0v) is 24.4. The normalized spacial score (nSPS) is 17.7. The van der Waals surface area contributed by atoms with E-state index >= 15 is 0 Å². The summed E-state index contributed by atoms with van der Waals surface area (Å²) < 4.78 is 33.6. The van der Waals surface area contributed by atoms with E-state index in [9.17, 15) is 13.5 Å². The van der Waals surface area contributed by atoms with Gasteiger partial charge in [0.05, 0.1) is 37.8 Å². The SMILES string of the molecule is CS(=O)(=O)N1CCc2c(c(-c3ccc(Cl)c(CCc4ccc(Cl)cc4)c3)nn2CC(O)CN2CCOCC2)C1. The van der Waals surface area contributed by atoms with Gasteiger partial charge in [-0.2, -0.15) is 9.40 Å². The summed E-state index contributed by atoms with van der Waals surface area (Å²) in [5.74, 6) is 0. The molecule has 2 aromatic carbocycles. The lowest BCUT2D eigenvalue weighted by Gasteiger charge is -2.29. The second-order valence-electron chi connectivity index (χ2n) is 10.3. The molecule has 1 N–H and O–H groups in total. The summed E-state index contributed by atoms with van der Waals surface area (Å²) in [6.07, 6.45) is 2.73. The number of aromatic nitrogens is 2. The van der Waals surface area contributed by atoms with Crippen molar-refractivity contribution in [1.29, 1.82) is 0 Å². The predicted molar refractivity (Wildman–Crippen MR) is 154 cm³/mol. The molecule has 0 spiro atoms. The lowest BCUT2D eigenvalue weighted by Crippen LogP contribution is -2.42. The van der Waals surface area contributed by atoms with Gasteiger partial charge in [0.2, 0.25) is 10.0 Å². The molecule has 1 aromatic heterocycles. The van der Waals surface area contributed by atoms with Crippen LogP contribution in [-0.4, -0.2) is 84.3 Å². The Morgan fingerprint density at radius 1 is 1.03 bits per heavy atom. The zero-order chi connectivity index (χ0) is 27.6. The van der Waals surface area contributed by atoms with Crippen molar-refractivity contribution in [2.75, 3.05) is 45.6 Å². The molecule has 39 heavy (non-hydrogen) atoms. The summed E-state index contributed by atoms with van der Waals surface area (Å²) in [5.41, 5.74) is 5.65. The number of nitrogens with zero attached hydrogens (tertiary/aromatic N) is 4. The first-order valence-corrected chi connectivity index (χ1v) is 15.8. The highest BCUT2D eigenvalue weighted by atomic mass is 35.5. The monoisotopic (exact) mass is 592 g/mol. The average molecular weight is 594 g/mol. The van der Waals surface area contributed by atoms with Crippen LogP contribution in [0, 0.1) is 0 Å². The number of aryl methyl sites for hydroxylation is 2. The Labute approximate surface area is 240 Å². The van der Waals surface area contributed by atoms with E-state index in [0.717, 1.165) is 54.0 Å². The maximum atomic E-state index is 12.4. The molecule has 3 heterocycles. The molecule has 0 radical (unpaired) electrons. The first-order valence-electron chi connectivity index (χ1n) is 13.2. The predicted octanol–water partition coefficient (Wildman–Crippen LogP) is 3.65. The Hall–Kier alpha value is -1.98. The number of sulfonamides is 1. The fraction of sp³-hybridized carbons (Fsp3) is 0.464. The van der Waals surface area contributed by atoms with E-state index in [-0.39, 0.29) is 6.54 Å². The summed E-state index contributed by atoms with van der Waals surface area (Å²) >= 11 is 12.6. The third-order valence-electron chi connectivity index (χ3n) is 7.44. The van der Waals surface area contributed by atoms with Crippen LogP contribution in [-0.2, 0) is 47.1 Å². The van der Waals surface area contributed by atoms with Crippen LogP contribution in [0.2, 0.25) is 10.0 Å². The Morgan fingerprint density at radius 3 is 2.49 bits per heavy atom.